The fraction of sp³-hybridized carbons (Fsp3) is 1.00. The molecule has 0 unspecified atom stereocenters. The predicted molar refractivity (Wildman–Crippen MR) is 88.9 cm³/mol. The minimum absolute atomic E-state index is 0.508. The van der Waals surface area contributed by atoms with Gasteiger partial charge in [-0.05, 0) is 67.6 Å². The zero-order chi connectivity index (χ0) is 15.0. The van der Waals surface area contributed by atoms with Gasteiger partial charge >= 0.3 is 0 Å². The molecule has 0 amide bonds. The van der Waals surface area contributed by atoms with E-state index in [9.17, 15) is 0 Å². The van der Waals surface area contributed by atoms with Crippen molar-refractivity contribution < 1.29 is 0 Å². The van der Waals surface area contributed by atoms with Crippen molar-refractivity contribution in [2.24, 2.45) is 22.7 Å². The monoisotopic (exact) mass is 279 g/mol. The minimum atomic E-state index is 0.508. The molecular weight excluding hydrogens is 242 g/mol. The summed E-state index contributed by atoms with van der Waals surface area (Å²) >= 11 is 0. The molecule has 2 aliphatic carbocycles. The van der Waals surface area contributed by atoms with Gasteiger partial charge in [0, 0.05) is 12.1 Å². The van der Waals surface area contributed by atoms with Gasteiger partial charge in [-0.3, -0.25) is 0 Å². The third-order valence-electron chi connectivity index (χ3n) is 5.74. The van der Waals surface area contributed by atoms with Gasteiger partial charge in [-0.1, -0.05) is 41.5 Å². The Morgan fingerprint density at radius 2 is 1.30 bits per heavy atom. The van der Waals surface area contributed by atoms with Crippen LogP contribution in [-0.2, 0) is 0 Å². The van der Waals surface area contributed by atoms with Crippen LogP contribution in [0.2, 0.25) is 0 Å². The van der Waals surface area contributed by atoms with E-state index in [-0.39, 0.29) is 0 Å². The van der Waals surface area contributed by atoms with Crippen molar-refractivity contribution in [3.05, 3.63) is 0 Å². The van der Waals surface area contributed by atoms with Gasteiger partial charge in [0.05, 0.1) is 0 Å². The highest BCUT2D eigenvalue weighted by molar-refractivity contribution is 4.94. The molecule has 1 nitrogen and oxygen atoms in total. The number of hydrogen-bond acceptors (Lipinski definition) is 1. The maximum atomic E-state index is 4.03. The summed E-state index contributed by atoms with van der Waals surface area (Å²) in [6.07, 6.45) is 9.78. The molecule has 0 heterocycles. The van der Waals surface area contributed by atoms with E-state index < -0.39 is 0 Å². The molecule has 0 aromatic rings. The quantitative estimate of drug-likeness (QED) is 0.729. The zero-order valence-corrected chi connectivity index (χ0v) is 14.8. The summed E-state index contributed by atoms with van der Waals surface area (Å²) in [5.74, 6) is 1.86. The molecule has 1 heteroatoms. The summed E-state index contributed by atoms with van der Waals surface area (Å²) in [7, 11) is 0. The maximum absolute atomic E-state index is 4.03. The minimum Gasteiger partial charge on any atom is -0.311 e. The summed E-state index contributed by atoms with van der Waals surface area (Å²) in [4.78, 5) is 0. The molecule has 0 radical (unpaired) electrons. The van der Waals surface area contributed by atoms with Crippen LogP contribution in [0.1, 0.15) is 86.5 Å². The van der Waals surface area contributed by atoms with E-state index in [1.54, 1.807) is 0 Å². The molecule has 118 valence electrons. The van der Waals surface area contributed by atoms with E-state index in [4.69, 9.17) is 0 Å². The SMILES string of the molecule is CC(C)C1CCC(NC2CC(C)(C)CC(C)(C)C2)CC1. The normalized spacial score (nSPS) is 34.4. The second kappa shape index (κ2) is 5.99. The van der Waals surface area contributed by atoms with Crippen molar-refractivity contribution >= 4 is 0 Å². The van der Waals surface area contributed by atoms with Crippen molar-refractivity contribution in [1.82, 2.24) is 5.32 Å². The van der Waals surface area contributed by atoms with Crippen molar-refractivity contribution in [3.8, 4) is 0 Å². The maximum Gasteiger partial charge on any atom is 0.00798 e. The molecule has 0 aliphatic heterocycles. The predicted octanol–water partition coefficient (Wildman–Crippen LogP) is 5.40. The highest BCUT2D eigenvalue weighted by Crippen LogP contribution is 2.46. The van der Waals surface area contributed by atoms with E-state index >= 15 is 0 Å². The molecule has 2 rings (SSSR count). The van der Waals surface area contributed by atoms with Gasteiger partial charge in [0.25, 0.3) is 0 Å². The Morgan fingerprint density at radius 3 is 1.75 bits per heavy atom. The first-order valence-electron chi connectivity index (χ1n) is 8.93. The summed E-state index contributed by atoms with van der Waals surface area (Å²) in [5, 5.41) is 4.03. The Balaban J connectivity index is 1.85. The highest BCUT2D eigenvalue weighted by atomic mass is 15.0. The molecule has 0 aromatic carbocycles. The van der Waals surface area contributed by atoms with Crippen molar-refractivity contribution in [1.29, 1.82) is 0 Å². The molecule has 0 aromatic heterocycles. The van der Waals surface area contributed by atoms with Gasteiger partial charge in [-0.15, -0.1) is 0 Å². The first kappa shape index (κ1) is 16.3. The van der Waals surface area contributed by atoms with Gasteiger partial charge < -0.3 is 5.32 Å². The number of rotatable bonds is 3. The summed E-state index contributed by atoms with van der Waals surface area (Å²) in [6.45, 7) is 14.6. The molecule has 0 spiro atoms. The second-order valence-electron chi connectivity index (χ2n) is 9.63. The van der Waals surface area contributed by atoms with Gasteiger partial charge in [0.2, 0.25) is 0 Å². The molecule has 20 heavy (non-hydrogen) atoms. The Labute approximate surface area is 127 Å². The molecular formula is C19H37N. The van der Waals surface area contributed by atoms with Gasteiger partial charge in [-0.2, -0.15) is 0 Å². The zero-order valence-electron chi connectivity index (χ0n) is 14.8. The lowest BCUT2D eigenvalue weighted by atomic mass is 9.63. The second-order valence-corrected chi connectivity index (χ2v) is 9.63. The highest BCUT2D eigenvalue weighted by Gasteiger charge is 2.39. The van der Waals surface area contributed by atoms with E-state index in [0.29, 0.717) is 10.8 Å². The van der Waals surface area contributed by atoms with Crippen molar-refractivity contribution in [2.75, 3.05) is 0 Å². The Kier molecular flexibility index (Phi) is 4.89. The summed E-state index contributed by atoms with van der Waals surface area (Å²) in [6, 6.07) is 1.54. The fourth-order valence-corrected chi connectivity index (χ4v) is 5.25. The van der Waals surface area contributed by atoms with Crippen LogP contribution in [0.25, 0.3) is 0 Å². The van der Waals surface area contributed by atoms with Gasteiger partial charge in [-0.25, -0.2) is 0 Å². The number of hydrogen-bond donors (Lipinski definition) is 1. The third-order valence-corrected chi connectivity index (χ3v) is 5.74. The van der Waals surface area contributed by atoms with Crippen LogP contribution >= 0.6 is 0 Å². The smallest absolute Gasteiger partial charge is 0.00798 e. The molecule has 2 fully saturated rings. The molecule has 2 aliphatic rings. The van der Waals surface area contributed by atoms with Crippen LogP contribution in [0, 0.1) is 22.7 Å². The Bertz CT molecular complexity index is 292. The lowest BCUT2D eigenvalue weighted by Crippen LogP contribution is -2.48. The van der Waals surface area contributed by atoms with Crippen LogP contribution in [0.15, 0.2) is 0 Å². The van der Waals surface area contributed by atoms with Gasteiger partial charge in [0.15, 0.2) is 0 Å². The van der Waals surface area contributed by atoms with Crippen LogP contribution in [-0.4, -0.2) is 12.1 Å². The molecule has 2 saturated carbocycles. The summed E-state index contributed by atoms with van der Waals surface area (Å²) in [5.41, 5.74) is 1.02. The topological polar surface area (TPSA) is 12.0 Å². The van der Waals surface area contributed by atoms with Gasteiger partial charge in [0.1, 0.15) is 0 Å². The lowest BCUT2D eigenvalue weighted by Gasteiger charge is -2.46. The largest absolute Gasteiger partial charge is 0.311 e. The van der Waals surface area contributed by atoms with Crippen molar-refractivity contribution in [3.63, 3.8) is 0 Å². The average Bonchev–Trinajstić information content (AvgIpc) is 2.25. The average molecular weight is 280 g/mol. The summed E-state index contributed by atoms with van der Waals surface area (Å²) < 4.78 is 0. The molecule has 0 bridgehead atoms. The van der Waals surface area contributed by atoms with Crippen molar-refractivity contribution in [2.45, 2.75) is 98.6 Å². The van der Waals surface area contributed by atoms with Crippen LogP contribution in [0.5, 0.6) is 0 Å². The fourth-order valence-electron chi connectivity index (χ4n) is 5.25. The molecule has 0 atom stereocenters. The third kappa shape index (κ3) is 4.48. The lowest BCUT2D eigenvalue weighted by molar-refractivity contribution is 0.0751. The Hall–Kier alpha value is -0.0400. The molecule has 0 saturated heterocycles. The van der Waals surface area contributed by atoms with Crippen LogP contribution in [0.4, 0.5) is 0 Å². The standard InChI is InChI=1S/C19H37N/c1-14(2)15-7-9-16(10-8-15)20-17-11-18(3,4)13-19(5,6)12-17/h14-17,20H,7-13H2,1-6H3. The first-order valence-corrected chi connectivity index (χ1v) is 8.93. The first-order chi connectivity index (χ1) is 9.17. The Morgan fingerprint density at radius 1 is 0.800 bits per heavy atom. The number of nitrogens with one attached hydrogen (secondary N) is 1. The van der Waals surface area contributed by atoms with E-state index in [2.05, 4.69) is 46.9 Å². The van der Waals surface area contributed by atoms with E-state index in [1.807, 2.05) is 0 Å². The molecule has 1 N–H and O–H groups in total. The van der Waals surface area contributed by atoms with E-state index in [0.717, 1.165) is 23.9 Å². The van der Waals surface area contributed by atoms with Crippen LogP contribution < -0.4 is 5.32 Å². The van der Waals surface area contributed by atoms with Crippen LogP contribution in [0.3, 0.4) is 0 Å². The van der Waals surface area contributed by atoms with E-state index in [1.165, 1.54) is 44.9 Å².